The Morgan fingerprint density at radius 3 is 1.92 bits per heavy atom. The summed E-state index contributed by atoms with van der Waals surface area (Å²) in [4.78, 5) is 20.5. The van der Waals surface area contributed by atoms with Gasteiger partial charge in [0.25, 0.3) is 0 Å². The van der Waals surface area contributed by atoms with Crippen molar-refractivity contribution in [2.75, 3.05) is 0 Å². The maximum Gasteiger partial charge on any atom is 0.129 e. The van der Waals surface area contributed by atoms with Crippen LogP contribution >= 0.6 is 0 Å². The normalized spacial score (nSPS) is 9.75. The lowest BCUT2D eigenvalue weighted by molar-refractivity contribution is -0.305. The van der Waals surface area contributed by atoms with Gasteiger partial charge in [-0.2, -0.15) is 0 Å². The van der Waals surface area contributed by atoms with E-state index in [-0.39, 0.29) is 12.2 Å². The molecule has 0 bridgehead atoms. The fourth-order valence-electron chi connectivity index (χ4n) is 0.997. The number of Topliss-reactive ketones (excluding diaryl/α,β-unsaturated/α-hetero) is 1. The van der Waals surface area contributed by atoms with Crippen molar-refractivity contribution in [2.24, 2.45) is 0 Å². The van der Waals surface area contributed by atoms with E-state index in [4.69, 9.17) is 0 Å². The molecule has 0 aliphatic rings. The third-order valence-corrected chi connectivity index (χ3v) is 1.66. The van der Waals surface area contributed by atoms with Gasteiger partial charge < -0.3 is 14.7 Å². The van der Waals surface area contributed by atoms with Crippen LogP contribution in [0.2, 0.25) is 0 Å². The lowest BCUT2D eigenvalue weighted by atomic mass is 10.1. The minimum atomic E-state index is -0.985. The van der Waals surface area contributed by atoms with E-state index in [9.17, 15) is 14.7 Å². The van der Waals surface area contributed by atoms with Crippen molar-refractivity contribution in [1.29, 1.82) is 0 Å². The summed E-state index contributed by atoms with van der Waals surface area (Å²) < 4.78 is 0. The molecule has 0 aromatic rings. The highest BCUT2D eigenvalue weighted by molar-refractivity contribution is 5.75. The number of hydrogen-bond donors (Lipinski definition) is 0. The molecule has 0 heterocycles. The van der Waals surface area contributed by atoms with Crippen molar-refractivity contribution < 1.29 is 14.7 Å². The highest BCUT2D eigenvalue weighted by Crippen LogP contribution is 2.04. The van der Waals surface area contributed by atoms with Crippen LogP contribution in [0.25, 0.3) is 0 Å². The number of carbonyl (C=O) groups excluding carboxylic acids is 2. The van der Waals surface area contributed by atoms with Crippen LogP contribution in [0.15, 0.2) is 0 Å². The molecule has 0 spiro atoms. The van der Waals surface area contributed by atoms with Gasteiger partial charge in [-0.15, -0.1) is 0 Å². The zero-order chi connectivity index (χ0) is 9.40. The van der Waals surface area contributed by atoms with Crippen LogP contribution in [0.5, 0.6) is 0 Å². The van der Waals surface area contributed by atoms with E-state index >= 15 is 0 Å². The molecule has 0 amide bonds. The van der Waals surface area contributed by atoms with Crippen molar-refractivity contribution in [3.05, 3.63) is 0 Å². The Bertz CT molecular complexity index is 134. The number of carboxylic acid groups (broad SMARTS) is 1. The topological polar surface area (TPSA) is 57.2 Å². The minimum Gasteiger partial charge on any atom is -0.550 e. The van der Waals surface area contributed by atoms with Gasteiger partial charge in [-0.05, 0) is 26.2 Å². The number of rotatable bonds is 7. The number of carboxylic acids is 1. The number of aliphatic carboxylic acids is 1. The van der Waals surface area contributed by atoms with Crippen molar-refractivity contribution in [2.45, 2.75) is 45.4 Å². The summed E-state index contributed by atoms with van der Waals surface area (Å²) in [7, 11) is 0. The second-order valence-corrected chi connectivity index (χ2v) is 2.99. The van der Waals surface area contributed by atoms with Gasteiger partial charge in [-0.1, -0.05) is 12.8 Å². The van der Waals surface area contributed by atoms with Gasteiger partial charge in [0.15, 0.2) is 0 Å². The number of unbranched alkanes of at least 4 members (excludes halogenated alkanes) is 3. The monoisotopic (exact) mass is 171 g/mol. The summed E-state index contributed by atoms with van der Waals surface area (Å²) in [5.41, 5.74) is 0. The van der Waals surface area contributed by atoms with Crippen molar-refractivity contribution in [1.82, 2.24) is 0 Å². The fourth-order valence-corrected chi connectivity index (χ4v) is 0.997. The zero-order valence-electron chi connectivity index (χ0n) is 7.47. The quantitative estimate of drug-likeness (QED) is 0.529. The molecule has 0 aliphatic carbocycles. The molecule has 3 heteroatoms. The molecule has 0 fully saturated rings. The largest absolute Gasteiger partial charge is 0.550 e. The fraction of sp³-hybridized carbons (Fsp3) is 0.778. The second kappa shape index (κ2) is 6.83. The first-order valence-corrected chi connectivity index (χ1v) is 4.32. The standard InChI is InChI=1S/C9H16O3/c1-8(10)6-4-2-3-5-7-9(11)12/h2-7H2,1H3,(H,11,12)/p-1. The molecular formula is C9H15O3-. The van der Waals surface area contributed by atoms with Gasteiger partial charge in [0, 0.05) is 12.4 Å². The minimum absolute atomic E-state index is 0.139. The maximum absolute atomic E-state index is 10.5. The van der Waals surface area contributed by atoms with E-state index in [0.717, 1.165) is 19.3 Å². The highest BCUT2D eigenvalue weighted by Gasteiger charge is 1.93. The summed E-state index contributed by atoms with van der Waals surface area (Å²) in [5.74, 6) is -0.781. The predicted octanol–water partition coefficient (Wildman–Crippen LogP) is 0.666. The summed E-state index contributed by atoms with van der Waals surface area (Å²) in [5, 5.41) is 9.97. The second-order valence-electron chi connectivity index (χ2n) is 2.99. The van der Waals surface area contributed by atoms with E-state index in [2.05, 4.69) is 0 Å². The van der Waals surface area contributed by atoms with Crippen LogP contribution < -0.4 is 5.11 Å². The Hall–Kier alpha value is -0.860. The molecular weight excluding hydrogens is 156 g/mol. The Morgan fingerprint density at radius 2 is 1.50 bits per heavy atom. The third kappa shape index (κ3) is 9.14. The molecule has 0 N–H and O–H groups in total. The first kappa shape index (κ1) is 11.1. The zero-order valence-corrected chi connectivity index (χ0v) is 7.47. The Balaban J connectivity index is 3.01. The lowest BCUT2D eigenvalue weighted by Gasteiger charge is -2.00. The van der Waals surface area contributed by atoms with E-state index in [1.165, 1.54) is 0 Å². The average molecular weight is 171 g/mol. The molecule has 0 rings (SSSR count). The van der Waals surface area contributed by atoms with Crippen LogP contribution in [-0.2, 0) is 9.59 Å². The number of ketones is 1. The highest BCUT2D eigenvalue weighted by atomic mass is 16.4. The van der Waals surface area contributed by atoms with E-state index in [1.54, 1.807) is 6.92 Å². The van der Waals surface area contributed by atoms with Crippen LogP contribution in [0, 0.1) is 0 Å². The molecule has 70 valence electrons. The predicted molar refractivity (Wildman–Crippen MR) is 43.4 cm³/mol. The Labute approximate surface area is 72.8 Å². The lowest BCUT2D eigenvalue weighted by Crippen LogP contribution is -2.21. The van der Waals surface area contributed by atoms with Crippen LogP contribution in [0.3, 0.4) is 0 Å². The molecule has 0 saturated heterocycles. The summed E-state index contributed by atoms with van der Waals surface area (Å²) in [6.45, 7) is 1.57. The third-order valence-electron chi connectivity index (χ3n) is 1.66. The molecule has 0 aromatic carbocycles. The van der Waals surface area contributed by atoms with Crippen LogP contribution in [0.1, 0.15) is 45.4 Å². The molecule has 0 unspecified atom stereocenters. The van der Waals surface area contributed by atoms with Gasteiger partial charge in [-0.3, -0.25) is 0 Å². The van der Waals surface area contributed by atoms with Crippen molar-refractivity contribution >= 4 is 11.8 Å². The van der Waals surface area contributed by atoms with Gasteiger partial charge in [0.1, 0.15) is 5.78 Å². The first-order valence-electron chi connectivity index (χ1n) is 4.32. The molecule has 0 radical (unpaired) electrons. The molecule has 0 atom stereocenters. The van der Waals surface area contributed by atoms with E-state index in [1.807, 2.05) is 0 Å². The van der Waals surface area contributed by atoms with Crippen LogP contribution in [0.4, 0.5) is 0 Å². The molecule has 0 aromatic heterocycles. The summed E-state index contributed by atoms with van der Waals surface area (Å²) in [6, 6.07) is 0. The first-order chi connectivity index (χ1) is 5.63. The number of hydrogen-bond acceptors (Lipinski definition) is 3. The van der Waals surface area contributed by atoms with Gasteiger partial charge in [0.2, 0.25) is 0 Å². The van der Waals surface area contributed by atoms with E-state index < -0.39 is 5.97 Å². The molecule has 12 heavy (non-hydrogen) atoms. The SMILES string of the molecule is CC(=O)CCCCCCC(=O)[O-]. The molecule has 3 nitrogen and oxygen atoms in total. The number of carbonyl (C=O) groups is 2. The average Bonchev–Trinajstić information content (AvgIpc) is 1.95. The summed E-state index contributed by atoms with van der Waals surface area (Å²) >= 11 is 0. The van der Waals surface area contributed by atoms with Gasteiger partial charge >= 0.3 is 0 Å². The van der Waals surface area contributed by atoms with Crippen LogP contribution in [-0.4, -0.2) is 11.8 Å². The van der Waals surface area contributed by atoms with Gasteiger partial charge in [-0.25, -0.2) is 0 Å². The Morgan fingerprint density at radius 1 is 1.00 bits per heavy atom. The van der Waals surface area contributed by atoms with Crippen molar-refractivity contribution in [3.8, 4) is 0 Å². The summed E-state index contributed by atoms with van der Waals surface area (Å²) in [6.07, 6.45) is 4.11. The molecule has 0 aliphatic heterocycles. The molecule has 0 saturated carbocycles. The van der Waals surface area contributed by atoms with E-state index in [0.29, 0.717) is 12.8 Å². The Kier molecular flexibility index (Phi) is 6.34. The smallest absolute Gasteiger partial charge is 0.129 e. The maximum atomic E-state index is 10.5. The van der Waals surface area contributed by atoms with Gasteiger partial charge in [0.05, 0.1) is 0 Å². The van der Waals surface area contributed by atoms with Crippen molar-refractivity contribution in [3.63, 3.8) is 0 Å².